The molecule has 0 radical (unpaired) electrons. The third-order valence-electron chi connectivity index (χ3n) is 6.11. The SMILES string of the molecule is C=CC(=O)Nc1cc(NC(=O)CNC2CCN(C(C)c3cccc4ccccc34)CC2)no1. The molecule has 1 unspecified atom stereocenters. The van der Waals surface area contributed by atoms with E-state index in [0.717, 1.165) is 32.0 Å². The van der Waals surface area contributed by atoms with Crippen molar-refractivity contribution in [2.75, 3.05) is 30.3 Å². The van der Waals surface area contributed by atoms with Crippen LogP contribution in [0.15, 0.2) is 65.7 Å². The van der Waals surface area contributed by atoms with Crippen LogP contribution in [0.3, 0.4) is 0 Å². The number of piperidine rings is 1. The average Bonchev–Trinajstić information content (AvgIpc) is 3.28. The first-order chi connectivity index (χ1) is 16.0. The van der Waals surface area contributed by atoms with Gasteiger partial charge in [0.05, 0.1) is 6.54 Å². The summed E-state index contributed by atoms with van der Waals surface area (Å²) in [6, 6.07) is 17.1. The second-order valence-electron chi connectivity index (χ2n) is 8.25. The number of hydrogen-bond donors (Lipinski definition) is 3. The van der Waals surface area contributed by atoms with E-state index in [0.29, 0.717) is 6.04 Å². The molecule has 8 heteroatoms. The number of carbonyl (C=O) groups excluding carboxylic acids is 2. The van der Waals surface area contributed by atoms with Gasteiger partial charge in [0.25, 0.3) is 0 Å². The Morgan fingerprint density at radius 2 is 1.94 bits per heavy atom. The normalized spacial score (nSPS) is 15.8. The van der Waals surface area contributed by atoms with Gasteiger partial charge < -0.3 is 15.2 Å². The number of carbonyl (C=O) groups is 2. The number of likely N-dealkylation sites (tertiary alicyclic amines) is 1. The Hall–Kier alpha value is -3.49. The van der Waals surface area contributed by atoms with E-state index in [4.69, 9.17) is 4.52 Å². The van der Waals surface area contributed by atoms with Crippen LogP contribution >= 0.6 is 0 Å². The standard InChI is InChI=1S/C25H29N5O3/c1-3-23(31)28-25-15-22(29-33-25)27-24(32)16-26-19-11-13-30(14-12-19)17(2)20-10-6-8-18-7-4-5-9-21(18)20/h3-10,15,17,19,26H,1,11-14,16H2,2H3,(H,28,31)(H,27,29,32). The zero-order chi connectivity index (χ0) is 23.2. The number of amides is 2. The summed E-state index contributed by atoms with van der Waals surface area (Å²) in [5.74, 6) is -0.223. The minimum absolute atomic E-state index is 0.149. The van der Waals surface area contributed by atoms with Crippen molar-refractivity contribution in [1.29, 1.82) is 0 Å². The van der Waals surface area contributed by atoms with Gasteiger partial charge in [0.2, 0.25) is 17.7 Å². The number of fused-ring (bicyclic) bond motifs is 1. The zero-order valence-corrected chi connectivity index (χ0v) is 18.7. The minimum Gasteiger partial charge on any atom is -0.336 e. The van der Waals surface area contributed by atoms with Crippen molar-refractivity contribution in [3.8, 4) is 0 Å². The third-order valence-corrected chi connectivity index (χ3v) is 6.11. The molecule has 1 atom stereocenters. The summed E-state index contributed by atoms with van der Waals surface area (Å²) in [5.41, 5.74) is 1.36. The molecule has 2 amide bonds. The molecule has 0 aliphatic carbocycles. The Bertz CT molecular complexity index is 1130. The fourth-order valence-electron chi connectivity index (χ4n) is 4.29. The molecule has 1 aliphatic rings. The van der Waals surface area contributed by atoms with Gasteiger partial charge >= 0.3 is 0 Å². The topological polar surface area (TPSA) is 99.5 Å². The van der Waals surface area contributed by atoms with E-state index in [1.54, 1.807) is 0 Å². The molecular weight excluding hydrogens is 418 g/mol. The van der Waals surface area contributed by atoms with Crippen LogP contribution in [0.4, 0.5) is 11.7 Å². The first kappa shape index (κ1) is 22.7. The molecule has 0 bridgehead atoms. The zero-order valence-electron chi connectivity index (χ0n) is 18.7. The molecule has 3 N–H and O–H groups in total. The minimum atomic E-state index is -0.410. The van der Waals surface area contributed by atoms with Crippen LogP contribution in [0.25, 0.3) is 10.8 Å². The molecule has 33 heavy (non-hydrogen) atoms. The lowest BCUT2D eigenvalue weighted by molar-refractivity contribution is -0.115. The Kier molecular flexibility index (Phi) is 7.16. The molecular formula is C25H29N5O3. The molecule has 0 saturated carbocycles. The maximum Gasteiger partial charge on any atom is 0.250 e. The molecule has 4 rings (SSSR count). The Morgan fingerprint density at radius 1 is 1.18 bits per heavy atom. The molecule has 1 aliphatic heterocycles. The predicted molar refractivity (Wildman–Crippen MR) is 129 cm³/mol. The number of rotatable bonds is 8. The number of anilines is 2. The van der Waals surface area contributed by atoms with E-state index in [2.05, 4.69) is 82.0 Å². The highest BCUT2D eigenvalue weighted by atomic mass is 16.5. The van der Waals surface area contributed by atoms with E-state index in [1.165, 1.54) is 22.4 Å². The Labute approximate surface area is 193 Å². The van der Waals surface area contributed by atoms with Gasteiger partial charge in [0.1, 0.15) is 0 Å². The van der Waals surface area contributed by atoms with Gasteiger partial charge in [-0.15, -0.1) is 0 Å². The van der Waals surface area contributed by atoms with Crippen molar-refractivity contribution in [2.45, 2.75) is 31.8 Å². The summed E-state index contributed by atoms with van der Waals surface area (Å²) < 4.78 is 4.96. The monoisotopic (exact) mass is 447 g/mol. The average molecular weight is 448 g/mol. The predicted octanol–water partition coefficient (Wildman–Crippen LogP) is 3.71. The quantitative estimate of drug-likeness (QED) is 0.455. The fourth-order valence-corrected chi connectivity index (χ4v) is 4.29. The van der Waals surface area contributed by atoms with Crippen LogP contribution in [0, 0.1) is 0 Å². The van der Waals surface area contributed by atoms with Crippen molar-refractivity contribution >= 4 is 34.3 Å². The van der Waals surface area contributed by atoms with Gasteiger partial charge in [-0.2, -0.15) is 0 Å². The highest BCUT2D eigenvalue weighted by Gasteiger charge is 2.24. The van der Waals surface area contributed by atoms with E-state index in [1.807, 2.05) is 0 Å². The number of hydrogen-bond acceptors (Lipinski definition) is 6. The molecule has 2 heterocycles. The van der Waals surface area contributed by atoms with E-state index < -0.39 is 5.91 Å². The molecule has 3 aromatic rings. The van der Waals surface area contributed by atoms with Gasteiger partial charge in [0.15, 0.2) is 5.82 Å². The van der Waals surface area contributed by atoms with E-state index in [-0.39, 0.29) is 30.2 Å². The van der Waals surface area contributed by atoms with Crippen LogP contribution < -0.4 is 16.0 Å². The molecule has 172 valence electrons. The Balaban J connectivity index is 1.23. The first-order valence-corrected chi connectivity index (χ1v) is 11.2. The van der Waals surface area contributed by atoms with Gasteiger partial charge in [-0.25, -0.2) is 0 Å². The Morgan fingerprint density at radius 3 is 2.73 bits per heavy atom. The lowest BCUT2D eigenvalue weighted by atomic mass is 9.96. The van der Waals surface area contributed by atoms with Crippen LogP contribution in [-0.2, 0) is 9.59 Å². The molecule has 1 fully saturated rings. The lowest BCUT2D eigenvalue weighted by Gasteiger charge is -2.37. The van der Waals surface area contributed by atoms with Crippen LogP contribution in [0.1, 0.15) is 31.4 Å². The number of nitrogens with one attached hydrogen (secondary N) is 3. The molecule has 1 saturated heterocycles. The molecule has 8 nitrogen and oxygen atoms in total. The van der Waals surface area contributed by atoms with Crippen molar-refractivity contribution in [3.63, 3.8) is 0 Å². The second-order valence-corrected chi connectivity index (χ2v) is 8.25. The maximum atomic E-state index is 12.3. The van der Waals surface area contributed by atoms with E-state index >= 15 is 0 Å². The van der Waals surface area contributed by atoms with Gasteiger partial charge in [-0.3, -0.25) is 19.8 Å². The summed E-state index contributed by atoms with van der Waals surface area (Å²) in [6.07, 6.45) is 3.08. The number of aromatic nitrogens is 1. The summed E-state index contributed by atoms with van der Waals surface area (Å²) in [5, 5.41) is 14.8. The van der Waals surface area contributed by atoms with Crippen molar-refractivity contribution in [3.05, 3.63) is 66.7 Å². The number of nitrogens with zero attached hydrogens (tertiary/aromatic N) is 2. The number of benzene rings is 2. The van der Waals surface area contributed by atoms with Gasteiger partial charge in [0, 0.05) is 31.2 Å². The highest BCUT2D eigenvalue weighted by Crippen LogP contribution is 2.30. The largest absolute Gasteiger partial charge is 0.336 e. The van der Waals surface area contributed by atoms with Gasteiger partial charge in [-0.05, 0) is 42.2 Å². The van der Waals surface area contributed by atoms with Crippen molar-refractivity contribution < 1.29 is 14.1 Å². The van der Waals surface area contributed by atoms with Gasteiger partial charge in [-0.1, -0.05) is 54.2 Å². The molecule has 0 spiro atoms. The lowest BCUT2D eigenvalue weighted by Crippen LogP contribution is -2.45. The maximum absolute atomic E-state index is 12.3. The van der Waals surface area contributed by atoms with E-state index in [9.17, 15) is 9.59 Å². The summed E-state index contributed by atoms with van der Waals surface area (Å²) >= 11 is 0. The third kappa shape index (κ3) is 5.66. The summed E-state index contributed by atoms with van der Waals surface area (Å²) in [4.78, 5) is 26.0. The summed E-state index contributed by atoms with van der Waals surface area (Å²) in [7, 11) is 0. The molecule has 2 aromatic carbocycles. The van der Waals surface area contributed by atoms with Crippen LogP contribution in [0.5, 0.6) is 0 Å². The second kappa shape index (κ2) is 10.4. The fraction of sp³-hybridized carbons (Fsp3) is 0.320. The van der Waals surface area contributed by atoms with Crippen molar-refractivity contribution in [2.24, 2.45) is 0 Å². The van der Waals surface area contributed by atoms with Crippen LogP contribution in [0.2, 0.25) is 0 Å². The van der Waals surface area contributed by atoms with Crippen molar-refractivity contribution in [1.82, 2.24) is 15.4 Å². The first-order valence-electron chi connectivity index (χ1n) is 11.2. The smallest absolute Gasteiger partial charge is 0.250 e. The highest BCUT2D eigenvalue weighted by molar-refractivity contribution is 5.98. The molecule has 1 aromatic heterocycles. The summed E-state index contributed by atoms with van der Waals surface area (Å²) in [6.45, 7) is 7.77. The van der Waals surface area contributed by atoms with Crippen LogP contribution in [-0.4, -0.2) is 47.5 Å².